The molecule has 0 spiro atoms. The highest BCUT2D eigenvalue weighted by molar-refractivity contribution is 5.75. The molecule has 6 heteroatoms. The molecule has 1 aromatic heterocycles. The molecule has 0 saturated carbocycles. The molecule has 1 atom stereocenters. The second-order valence-corrected chi connectivity index (χ2v) is 6.78. The van der Waals surface area contributed by atoms with Crippen molar-refractivity contribution in [2.75, 3.05) is 39.8 Å². The highest BCUT2D eigenvalue weighted by Gasteiger charge is 2.19. The van der Waals surface area contributed by atoms with E-state index in [1.807, 2.05) is 20.8 Å². The second kappa shape index (κ2) is 7.93. The van der Waals surface area contributed by atoms with Crippen LogP contribution in [0.4, 0.5) is 0 Å². The average Bonchev–Trinajstić information content (AvgIpc) is 2.75. The summed E-state index contributed by atoms with van der Waals surface area (Å²) in [6.45, 7) is 13.8. The maximum atomic E-state index is 12.1. The molecule has 2 heterocycles. The molecule has 130 valence electrons. The number of rotatable bonds is 6. The van der Waals surface area contributed by atoms with Gasteiger partial charge in [0, 0.05) is 44.5 Å². The van der Waals surface area contributed by atoms with E-state index in [4.69, 9.17) is 0 Å². The number of likely N-dealkylation sites (N-methyl/N-ethyl adjacent to an activating group) is 1. The van der Waals surface area contributed by atoms with Crippen LogP contribution in [0.5, 0.6) is 0 Å². The van der Waals surface area contributed by atoms with Gasteiger partial charge >= 0.3 is 0 Å². The van der Waals surface area contributed by atoms with Crippen LogP contribution in [0, 0.1) is 20.8 Å². The van der Waals surface area contributed by atoms with Crippen LogP contribution in [0.2, 0.25) is 0 Å². The van der Waals surface area contributed by atoms with E-state index in [2.05, 4.69) is 34.2 Å². The lowest BCUT2D eigenvalue weighted by molar-refractivity contribution is -0.121. The van der Waals surface area contributed by atoms with Crippen LogP contribution < -0.4 is 5.32 Å². The van der Waals surface area contributed by atoms with E-state index in [0.717, 1.165) is 50.5 Å². The molecule has 2 rings (SSSR count). The van der Waals surface area contributed by atoms with Crippen LogP contribution in [0.3, 0.4) is 0 Å². The predicted molar refractivity (Wildman–Crippen MR) is 92.6 cm³/mol. The van der Waals surface area contributed by atoms with Crippen molar-refractivity contribution in [2.24, 2.45) is 0 Å². The molecule has 1 aromatic rings. The van der Waals surface area contributed by atoms with Gasteiger partial charge in [0.1, 0.15) is 6.54 Å². The fraction of sp³-hybridized carbons (Fsp3) is 0.765. The zero-order valence-corrected chi connectivity index (χ0v) is 15.2. The molecule has 0 aliphatic carbocycles. The molecular formula is C17H31N5O. The summed E-state index contributed by atoms with van der Waals surface area (Å²) in [6, 6.07) is 0.514. The number of piperazine rings is 1. The monoisotopic (exact) mass is 321 g/mol. The third-order valence-electron chi connectivity index (χ3n) is 5.08. The Hall–Kier alpha value is -1.40. The minimum absolute atomic E-state index is 0.0428. The number of hydrogen-bond donors (Lipinski definition) is 1. The van der Waals surface area contributed by atoms with E-state index in [9.17, 15) is 4.79 Å². The van der Waals surface area contributed by atoms with Crippen LogP contribution >= 0.6 is 0 Å². The standard InChI is InChI=1S/C17H31N5O/c1-13(21-10-8-20(5)9-11-21)6-7-18-17(23)12-22-16(4)14(2)15(3)19-22/h13H,6-12H2,1-5H3,(H,18,23). The summed E-state index contributed by atoms with van der Waals surface area (Å²) < 4.78 is 1.80. The summed E-state index contributed by atoms with van der Waals surface area (Å²) in [4.78, 5) is 17.0. The summed E-state index contributed by atoms with van der Waals surface area (Å²) in [5, 5.41) is 7.45. The van der Waals surface area contributed by atoms with Crippen molar-refractivity contribution >= 4 is 5.91 Å². The zero-order valence-electron chi connectivity index (χ0n) is 15.2. The van der Waals surface area contributed by atoms with Crippen molar-refractivity contribution < 1.29 is 4.79 Å². The van der Waals surface area contributed by atoms with E-state index in [0.29, 0.717) is 12.6 Å². The number of nitrogens with zero attached hydrogens (tertiary/aromatic N) is 4. The molecule has 1 unspecified atom stereocenters. The normalized spacial score (nSPS) is 18.1. The Balaban J connectivity index is 1.71. The van der Waals surface area contributed by atoms with E-state index >= 15 is 0 Å². The van der Waals surface area contributed by atoms with Crippen molar-refractivity contribution in [3.05, 3.63) is 17.0 Å². The number of hydrogen-bond acceptors (Lipinski definition) is 4. The van der Waals surface area contributed by atoms with Gasteiger partial charge < -0.3 is 10.2 Å². The minimum Gasteiger partial charge on any atom is -0.354 e. The smallest absolute Gasteiger partial charge is 0.241 e. The van der Waals surface area contributed by atoms with Crippen molar-refractivity contribution in [3.63, 3.8) is 0 Å². The molecule has 0 aromatic carbocycles. The zero-order chi connectivity index (χ0) is 17.0. The number of aryl methyl sites for hydroxylation is 1. The summed E-state index contributed by atoms with van der Waals surface area (Å²) in [6.07, 6.45) is 0.992. The first-order valence-corrected chi connectivity index (χ1v) is 8.58. The van der Waals surface area contributed by atoms with Crippen LogP contribution in [0.25, 0.3) is 0 Å². The molecule has 1 fully saturated rings. The first-order chi connectivity index (χ1) is 10.9. The lowest BCUT2D eigenvalue weighted by Crippen LogP contribution is -2.48. The van der Waals surface area contributed by atoms with E-state index in [1.165, 1.54) is 5.56 Å². The molecule has 1 saturated heterocycles. The lowest BCUT2D eigenvalue weighted by Gasteiger charge is -2.36. The minimum atomic E-state index is 0.0428. The number of amides is 1. The van der Waals surface area contributed by atoms with Gasteiger partial charge in [-0.2, -0.15) is 5.10 Å². The summed E-state index contributed by atoms with van der Waals surface area (Å²) in [5.41, 5.74) is 3.24. The quantitative estimate of drug-likeness (QED) is 0.848. The molecule has 1 N–H and O–H groups in total. The van der Waals surface area contributed by atoms with Gasteiger partial charge in [0.25, 0.3) is 0 Å². The van der Waals surface area contributed by atoms with Gasteiger partial charge in [0.05, 0.1) is 5.69 Å². The predicted octanol–water partition coefficient (Wildman–Crippen LogP) is 0.951. The van der Waals surface area contributed by atoms with Crippen LogP contribution in [-0.2, 0) is 11.3 Å². The van der Waals surface area contributed by atoms with Gasteiger partial charge in [-0.15, -0.1) is 0 Å². The molecule has 0 bridgehead atoms. The average molecular weight is 321 g/mol. The topological polar surface area (TPSA) is 53.4 Å². The fourth-order valence-corrected chi connectivity index (χ4v) is 3.00. The molecular weight excluding hydrogens is 290 g/mol. The Morgan fingerprint density at radius 2 is 1.87 bits per heavy atom. The summed E-state index contributed by atoms with van der Waals surface area (Å²) in [7, 11) is 2.17. The number of carbonyl (C=O) groups is 1. The third-order valence-corrected chi connectivity index (χ3v) is 5.08. The van der Waals surface area contributed by atoms with Gasteiger partial charge in [0.15, 0.2) is 0 Å². The maximum absolute atomic E-state index is 12.1. The van der Waals surface area contributed by atoms with E-state index in [-0.39, 0.29) is 5.91 Å². The molecule has 23 heavy (non-hydrogen) atoms. The van der Waals surface area contributed by atoms with Gasteiger partial charge in [0.2, 0.25) is 5.91 Å². The number of nitrogens with one attached hydrogen (secondary N) is 1. The lowest BCUT2D eigenvalue weighted by atomic mass is 10.1. The Labute approximate surface area is 139 Å². The number of carbonyl (C=O) groups excluding carboxylic acids is 1. The van der Waals surface area contributed by atoms with Crippen molar-refractivity contribution in [1.29, 1.82) is 0 Å². The Kier molecular flexibility index (Phi) is 6.18. The maximum Gasteiger partial charge on any atom is 0.241 e. The van der Waals surface area contributed by atoms with Gasteiger partial charge in [-0.1, -0.05) is 0 Å². The molecule has 1 aliphatic rings. The summed E-state index contributed by atoms with van der Waals surface area (Å²) >= 11 is 0. The first-order valence-electron chi connectivity index (χ1n) is 8.58. The fourth-order valence-electron chi connectivity index (χ4n) is 3.00. The Morgan fingerprint density at radius 3 is 2.43 bits per heavy atom. The summed E-state index contributed by atoms with van der Waals surface area (Å²) in [5.74, 6) is 0.0428. The molecule has 0 radical (unpaired) electrons. The van der Waals surface area contributed by atoms with Crippen LogP contribution in [-0.4, -0.2) is 71.3 Å². The molecule has 1 aliphatic heterocycles. The first kappa shape index (κ1) is 17.9. The Bertz CT molecular complexity index is 531. The number of aromatic nitrogens is 2. The Morgan fingerprint density at radius 1 is 1.22 bits per heavy atom. The van der Waals surface area contributed by atoms with Crippen LogP contribution in [0.1, 0.15) is 30.3 Å². The van der Waals surface area contributed by atoms with Gasteiger partial charge in [-0.25, -0.2) is 0 Å². The highest BCUT2D eigenvalue weighted by Crippen LogP contribution is 2.10. The molecule has 1 amide bonds. The highest BCUT2D eigenvalue weighted by atomic mass is 16.2. The third kappa shape index (κ3) is 4.78. The SMILES string of the molecule is Cc1nn(CC(=O)NCCC(C)N2CCN(C)CC2)c(C)c1C. The van der Waals surface area contributed by atoms with Gasteiger partial charge in [-0.05, 0) is 46.7 Å². The van der Waals surface area contributed by atoms with Crippen LogP contribution in [0.15, 0.2) is 0 Å². The van der Waals surface area contributed by atoms with E-state index < -0.39 is 0 Å². The van der Waals surface area contributed by atoms with Crippen molar-refractivity contribution in [1.82, 2.24) is 24.9 Å². The van der Waals surface area contributed by atoms with E-state index in [1.54, 1.807) is 4.68 Å². The second-order valence-electron chi connectivity index (χ2n) is 6.78. The molecule has 6 nitrogen and oxygen atoms in total. The largest absolute Gasteiger partial charge is 0.354 e. The van der Waals surface area contributed by atoms with Crippen molar-refractivity contribution in [2.45, 2.75) is 46.7 Å². The van der Waals surface area contributed by atoms with Crippen molar-refractivity contribution in [3.8, 4) is 0 Å². The van der Waals surface area contributed by atoms with Gasteiger partial charge in [-0.3, -0.25) is 14.4 Å².